The van der Waals surface area contributed by atoms with E-state index in [2.05, 4.69) is 4.74 Å². The summed E-state index contributed by atoms with van der Waals surface area (Å²) in [5.41, 5.74) is 0.584. The highest BCUT2D eigenvalue weighted by molar-refractivity contribution is 6.77. The first-order valence-corrected chi connectivity index (χ1v) is 6.17. The summed E-state index contributed by atoms with van der Waals surface area (Å²) in [4.78, 5) is 25.1. The van der Waals surface area contributed by atoms with Crippen molar-refractivity contribution in [3.8, 4) is 0 Å². The summed E-state index contributed by atoms with van der Waals surface area (Å²) >= 11 is 16.7. The van der Waals surface area contributed by atoms with E-state index >= 15 is 0 Å². The summed E-state index contributed by atoms with van der Waals surface area (Å²) in [5.74, 6) is -1.66. The second-order valence-electron chi connectivity index (χ2n) is 3.87. The highest BCUT2D eigenvalue weighted by Crippen LogP contribution is 2.36. The van der Waals surface area contributed by atoms with Gasteiger partial charge in [-0.15, -0.1) is 0 Å². The number of alkyl halides is 3. The molecule has 0 radical (unpaired) electrons. The minimum atomic E-state index is -2.04. The molecule has 1 atom stereocenters. The average Bonchev–Trinajstić information content (AvgIpc) is 2.28. The third-order valence-electron chi connectivity index (χ3n) is 2.56. The molecule has 1 unspecified atom stereocenters. The molecule has 0 saturated heterocycles. The number of Topliss-reactive ketones (excluding diaryl/α,β-unsaturated/α-hetero) is 1. The molecule has 18 heavy (non-hydrogen) atoms. The maximum Gasteiger partial charge on any atom is 0.335 e. The first kappa shape index (κ1) is 15.3. The zero-order valence-corrected chi connectivity index (χ0v) is 12.3. The Labute approximate surface area is 120 Å². The van der Waals surface area contributed by atoms with E-state index in [1.54, 1.807) is 25.1 Å². The molecule has 1 heterocycles. The first-order valence-electron chi connectivity index (χ1n) is 5.03. The van der Waals surface area contributed by atoms with Crippen LogP contribution in [0.5, 0.6) is 0 Å². The number of carbonyl (C=O) groups is 2. The molecule has 0 aromatic carbocycles. The molecular formula is C11H12Cl3NO3. The lowest BCUT2D eigenvalue weighted by Gasteiger charge is -2.27. The SMILES string of the molecule is COC(=O)C1=CN(C)C=C(C(=O)C(Cl)(Cl)Cl)C1C. The van der Waals surface area contributed by atoms with Crippen molar-refractivity contribution >= 4 is 46.6 Å². The Morgan fingerprint density at radius 1 is 1.28 bits per heavy atom. The van der Waals surface area contributed by atoms with Crippen LogP contribution in [-0.4, -0.2) is 34.6 Å². The van der Waals surface area contributed by atoms with Crippen LogP contribution in [0, 0.1) is 5.92 Å². The Morgan fingerprint density at radius 2 is 1.78 bits per heavy atom. The van der Waals surface area contributed by atoms with Gasteiger partial charge in [-0.2, -0.15) is 0 Å². The lowest BCUT2D eigenvalue weighted by atomic mass is 9.89. The van der Waals surface area contributed by atoms with Crippen LogP contribution in [-0.2, 0) is 14.3 Å². The van der Waals surface area contributed by atoms with Crippen LogP contribution in [0.25, 0.3) is 0 Å². The molecule has 4 nitrogen and oxygen atoms in total. The third kappa shape index (κ3) is 3.19. The average molecular weight is 313 g/mol. The van der Waals surface area contributed by atoms with Crippen molar-refractivity contribution in [1.29, 1.82) is 0 Å². The van der Waals surface area contributed by atoms with Gasteiger partial charge in [-0.25, -0.2) is 4.79 Å². The molecule has 0 bridgehead atoms. The van der Waals surface area contributed by atoms with Gasteiger partial charge in [0.05, 0.1) is 12.7 Å². The minimum Gasteiger partial charge on any atom is -0.466 e. The predicted octanol–water partition coefficient (Wildman–Crippen LogP) is 2.45. The quantitative estimate of drug-likeness (QED) is 0.580. The van der Waals surface area contributed by atoms with Crippen LogP contribution in [0.4, 0.5) is 0 Å². The molecule has 0 aromatic heterocycles. The lowest BCUT2D eigenvalue weighted by Crippen LogP contribution is -2.31. The number of hydrogen-bond donors (Lipinski definition) is 0. The molecule has 0 amide bonds. The molecule has 100 valence electrons. The first-order chi connectivity index (χ1) is 8.18. The number of ether oxygens (including phenoxy) is 1. The molecule has 0 N–H and O–H groups in total. The highest BCUT2D eigenvalue weighted by Gasteiger charge is 2.38. The summed E-state index contributed by atoms with van der Waals surface area (Å²) in [6.07, 6.45) is 3.10. The molecule has 1 aliphatic heterocycles. The van der Waals surface area contributed by atoms with Crippen molar-refractivity contribution in [2.45, 2.75) is 10.7 Å². The van der Waals surface area contributed by atoms with Crippen LogP contribution in [0.3, 0.4) is 0 Å². The van der Waals surface area contributed by atoms with Gasteiger partial charge in [-0.3, -0.25) is 4.79 Å². The fraction of sp³-hybridized carbons (Fsp3) is 0.455. The number of rotatable bonds is 2. The number of carbonyl (C=O) groups excluding carboxylic acids is 2. The number of methoxy groups -OCH3 is 1. The molecule has 0 saturated carbocycles. The Morgan fingerprint density at radius 3 is 2.22 bits per heavy atom. The summed E-state index contributed by atoms with van der Waals surface area (Å²) in [6, 6.07) is 0. The number of hydrogen-bond acceptors (Lipinski definition) is 4. The molecule has 0 spiro atoms. The van der Waals surface area contributed by atoms with E-state index in [1.807, 2.05) is 0 Å². The van der Waals surface area contributed by atoms with Crippen LogP contribution in [0.15, 0.2) is 23.5 Å². The van der Waals surface area contributed by atoms with Gasteiger partial charge in [0, 0.05) is 30.9 Å². The Kier molecular flexibility index (Phi) is 4.70. The molecule has 1 rings (SSSR count). The monoisotopic (exact) mass is 311 g/mol. The van der Waals surface area contributed by atoms with E-state index in [4.69, 9.17) is 34.8 Å². The molecule has 0 aliphatic carbocycles. The van der Waals surface area contributed by atoms with Crippen LogP contribution in [0.1, 0.15) is 6.92 Å². The molecule has 1 aliphatic rings. The van der Waals surface area contributed by atoms with E-state index in [0.29, 0.717) is 5.57 Å². The van der Waals surface area contributed by atoms with Crippen molar-refractivity contribution in [3.63, 3.8) is 0 Å². The fourth-order valence-corrected chi connectivity index (χ4v) is 1.96. The predicted molar refractivity (Wildman–Crippen MR) is 70.4 cm³/mol. The second-order valence-corrected chi connectivity index (χ2v) is 6.16. The summed E-state index contributed by atoms with van der Waals surface area (Å²) in [5, 5.41) is 0. The van der Waals surface area contributed by atoms with Gasteiger partial charge in [0.2, 0.25) is 5.78 Å². The topological polar surface area (TPSA) is 46.6 Å². The minimum absolute atomic E-state index is 0.250. The smallest absolute Gasteiger partial charge is 0.335 e. The third-order valence-corrected chi connectivity index (χ3v) is 3.07. The van der Waals surface area contributed by atoms with Crippen molar-refractivity contribution in [2.75, 3.05) is 14.2 Å². The van der Waals surface area contributed by atoms with Crippen LogP contribution >= 0.6 is 34.8 Å². The van der Waals surface area contributed by atoms with E-state index in [9.17, 15) is 9.59 Å². The summed E-state index contributed by atoms with van der Waals surface area (Å²) < 4.78 is 2.61. The van der Waals surface area contributed by atoms with Gasteiger partial charge < -0.3 is 9.64 Å². The number of nitrogens with zero attached hydrogens (tertiary/aromatic N) is 1. The van der Waals surface area contributed by atoms with Crippen molar-refractivity contribution in [3.05, 3.63) is 23.5 Å². The molecule has 0 aromatic rings. The zero-order chi connectivity index (χ0) is 14.1. The normalized spacial score (nSPS) is 20.1. The van der Waals surface area contributed by atoms with E-state index in [-0.39, 0.29) is 5.57 Å². The van der Waals surface area contributed by atoms with Gasteiger partial charge >= 0.3 is 5.97 Å². The number of halogens is 3. The molecule has 7 heteroatoms. The van der Waals surface area contributed by atoms with Gasteiger partial charge in [-0.05, 0) is 0 Å². The standard InChI is InChI=1S/C11H12Cl3NO3/c1-6-7(9(16)11(12,13)14)4-15(2)5-8(6)10(17)18-3/h4-6H,1-3H3. The van der Waals surface area contributed by atoms with Gasteiger partial charge in [-0.1, -0.05) is 41.7 Å². The fourth-order valence-electron chi connectivity index (χ4n) is 1.63. The Balaban J connectivity index is 3.10. The zero-order valence-electron chi connectivity index (χ0n) is 10.0. The van der Waals surface area contributed by atoms with Crippen LogP contribution in [0.2, 0.25) is 0 Å². The van der Waals surface area contributed by atoms with Crippen molar-refractivity contribution < 1.29 is 14.3 Å². The highest BCUT2D eigenvalue weighted by atomic mass is 35.6. The maximum atomic E-state index is 12.0. The number of esters is 1. The maximum absolute atomic E-state index is 12.0. The van der Waals surface area contributed by atoms with E-state index in [1.165, 1.54) is 13.3 Å². The van der Waals surface area contributed by atoms with Gasteiger partial charge in [0.15, 0.2) is 0 Å². The Hall–Kier alpha value is -0.710. The Bertz CT molecular complexity index is 437. The van der Waals surface area contributed by atoms with E-state index in [0.717, 1.165) is 0 Å². The van der Waals surface area contributed by atoms with Crippen molar-refractivity contribution in [1.82, 2.24) is 4.90 Å². The number of allylic oxidation sites excluding steroid dienone is 1. The summed E-state index contributed by atoms with van der Waals surface area (Å²) in [7, 11) is 2.94. The van der Waals surface area contributed by atoms with Gasteiger partial charge in [0.1, 0.15) is 0 Å². The largest absolute Gasteiger partial charge is 0.466 e. The second kappa shape index (κ2) is 5.51. The van der Waals surface area contributed by atoms with Crippen LogP contribution < -0.4 is 0 Å². The molecular weight excluding hydrogens is 300 g/mol. The van der Waals surface area contributed by atoms with E-state index < -0.39 is 21.5 Å². The van der Waals surface area contributed by atoms with Crippen molar-refractivity contribution in [2.24, 2.45) is 5.92 Å². The number of ketones is 1. The summed E-state index contributed by atoms with van der Waals surface area (Å²) in [6.45, 7) is 1.68. The molecule has 0 fully saturated rings. The lowest BCUT2D eigenvalue weighted by molar-refractivity contribution is -0.136. The van der Waals surface area contributed by atoms with Gasteiger partial charge in [0.25, 0.3) is 3.79 Å².